The van der Waals surface area contributed by atoms with Crippen LogP contribution in [-0.4, -0.2) is 0 Å². The van der Waals surface area contributed by atoms with Crippen LogP contribution in [0.1, 0.15) is 17.2 Å². The number of hydrogen-bond acceptors (Lipinski definition) is 1. The molecule has 2 aromatic rings. The van der Waals surface area contributed by atoms with Crippen molar-refractivity contribution >= 4 is 27.5 Å². The maximum Gasteiger partial charge on any atom is 0.131 e. The van der Waals surface area contributed by atoms with Gasteiger partial charge in [-0.15, -0.1) is 0 Å². The Labute approximate surface area is 117 Å². The molecule has 5 heteroatoms. The molecule has 0 aliphatic carbocycles. The average molecular weight is 333 g/mol. The highest BCUT2D eigenvalue weighted by molar-refractivity contribution is 9.10. The van der Waals surface area contributed by atoms with Crippen molar-refractivity contribution in [1.82, 2.24) is 0 Å². The Balaban J connectivity index is 2.41. The van der Waals surface area contributed by atoms with Crippen LogP contribution < -0.4 is 5.73 Å². The molecule has 0 fully saturated rings. The van der Waals surface area contributed by atoms with Gasteiger partial charge < -0.3 is 5.73 Å². The van der Waals surface area contributed by atoms with E-state index in [0.717, 1.165) is 6.07 Å². The third-order valence-electron chi connectivity index (χ3n) is 2.60. The van der Waals surface area contributed by atoms with Crippen molar-refractivity contribution in [2.75, 3.05) is 0 Å². The van der Waals surface area contributed by atoms with Crippen LogP contribution in [0, 0.1) is 11.6 Å². The van der Waals surface area contributed by atoms with Gasteiger partial charge in [0.15, 0.2) is 0 Å². The SMILES string of the molecule is NC(c1ccc(Cl)c(Br)c1)c1ccc(F)cc1F. The van der Waals surface area contributed by atoms with Crippen LogP contribution in [0.4, 0.5) is 8.78 Å². The molecular formula is C13H9BrClF2N. The van der Waals surface area contributed by atoms with Gasteiger partial charge >= 0.3 is 0 Å². The number of benzene rings is 2. The minimum Gasteiger partial charge on any atom is -0.320 e. The molecule has 0 radical (unpaired) electrons. The highest BCUT2D eigenvalue weighted by Crippen LogP contribution is 2.29. The van der Waals surface area contributed by atoms with Crippen molar-refractivity contribution in [2.24, 2.45) is 5.73 Å². The summed E-state index contributed by atoms with van der Waals surface area (Å²) in [5.41, 5.74) is 6.89. The van der Waals surface area contributed by atoms with Crippen LogP contribution in [-0.2, 0) is 0 Å². The van der Waals surface area contributed by atoms with Crippen molar-refractivity contribution in [2.45, 2.75) is 6.04 Å². The zero-order chi connectivity index (χ0) is 13.3. The number of hydrogen-bond donors (Lipinski definition) is 1. The smallest absolute Gasteiger partial charge is 0.131 e. The van der Waals surface area contributed by atoms with E-state index < -0.39 is 17.7 Å². The molecule has 0 aliphatic heterocycles. The van der Waals surface area contributed by atoms with Gasteiger partial charge in [-0.2, -0.15) is 0 Å². The molecule has 0 spiro atoms. The molecule has 18 heavy (non-hydrogen) atoms. The lowest BCUT2D eigenvalue weighted by Crippen LogP contribution is -2.13. The first-order chi connectivity index (χ1) is 8.49. The summed E-state index contributed by atoms with van der Waals surface area (Å²) in [7, 11) is 0. The second-order valence-corrected chi connectivity index (χ2v) is 5.08. The van der Waals surface area contributed by atoms with Gasteiger partial charge in [-0.05, 0) is 39.7 Å². The van der Waals surface area contributed by atoms with Gasteiger partial charge in [0.1, 0.15) is 11.6 Å². The number of halogens is 4. The van der Waals surface area contributed by atoms with Crippen LogP contribution >= 0.6 is 27.5 Å². The Morgan fingerprint density at radius 2 is 1.83 bits per heavy atom. The fourth-order valence-corrected chi connectivity index (χ4v) is 2.15. The van der Waals surface area contributed by atoms with Crippen molar-refractivity contribution in [3.63, 3.8) is 0 Å². The van der Waals surface area contributed by atoms with E-state index in [0.29, 0.717) is 15.1 Å². The Hall–Kier alpha value is -0.970. The van der Waals surface area contributed by atoms with Crippen molar-refractivity contribution in [3.8, 4) is 0 Å². The lowest BCUT2D eigenvalue weighted by atomic mass is 9.99. The largest absolute Gasteiger partial charge is 0.320 e. The standard InChI is InChI=1S/C13H9BrClF2N/c14-10-5-7(1-4-11(10)15)13(18)9-3-2-8(16)6-12(9)17/h1-6,13H,18H2. The lowest BCUT2D eigenvalue weighted by molar-refractivity contribution is 0.566. The Kier molecular flexibility index (Phi) is 4.00. The number of nitrogens with two attached hydrogens (primary N) is 1. The van der Waals surface area contributed by atoms with Crippen LogP contribution in [0.15, 0.2) is 40.9 Å². The normalized spacial score (nSPS) is 12.5. The van der Waals surface area contributed by atoms with Gasteiger partial charge in [0.05, 0.1) is 11.1 Å². The van der Waals surface area contributed by atoms with Crippen LogP contribution in [0.3, 0.4) is 0 Å². The zero-order valence-corrected chi connectivity index (χ0v) is 11.5. The predicted octanol–water partition coefficient (Wildman–Crippen LogP) is 4.43. The molecule has 2 rings (SSSR count). The molecule has 0 saturated heterocycles. The first-order valence-corrected chi connectivity index (χ1v) is 6.31. The molecule has 0 aliphatic rings. The van der Waals surface area contributed by atoms with Crippen LogP contribution in [0.25, 0.3) is 0 Å². The molecule has 0 heterocycles. The molecule has 0 saturated carbocycles. The summed E-state index contributed by atoms with van der Waals surface area (Å²) < 4.78 is 27.1. The van der Waals surface area contributed by atoms with Gasteiger partial charge in [0.25, 0.3) is 0 Å². The van der Waals surface area contributed by atoms with Crippen molar-refractivity contribution in [3.05, 3.63) is 68.7 Å². The topological polar surface area (TPSA) is 26.0 Å². The monoisotopic (exact) mass is 331 g/mol. The van der Waals surface area contributed by atoms with Gasteiger partial charge in [-0.1, -0.05) is 23.7 Å². The predicted molar refractivity (Wildman–Crippen MR) is 71.5 cm³/mol. The molecule has 0 amide bonds. The Morgan fingerprint density at radius 3 is 2.44 bits per heavy atom. The van der Waals surface area contributed by atoms with E-state index in [-0.39, 0.29) is 5.56 Å². The van der Waals surface area contributed by atoms with Gasteiger partial charge in [-0.3, -0.25) is 0 Å². The molecule has 2 N–H and O–H groups in total. The minimum atomic E-state index is -0.667. The average Bonchev–Trinajstić information content (AvgIpc) is 2.32. The molecule has 0 aromatic heterocycles. The van der Waals surface area contributed by atoms with Crippen molar-refractivity contribution < 1.29 is 8.78 Å². The lowest BCUT2D eigenvalue weighted by Gasteiger charge is -2.14. The van der Waals surface area contributed by atoms with E-state index in [1.165, 1.54) is 12.1 Å². The second-order valence-electron chi connectivity index (χ2n) is 3.82. The first kappa shape index (κ1) is 13.5. The highest BCUT2D eigenvalue weighted by atomic mass is 79.9. The van der Waals surface area contributed by atoms with Gasteiger partial charge in [0, 0.05) is 16.1 Å². The Morgan fingerprint density at radius 1 is 1.11 bits per heavy atom. The van der Waals surface area contributed by atoms with Crippen molar-refractivity contribution in [1.29, 1.82) is 0 Å². The van der Waals surface area contributed by atoms with Crippen LogP contribution in [0.2, 0.25) is 5.02 Å². The zero-order valence-electron chi connectivity index (χ0n) is 9.13. The highest BCUT2D eigenvalue weighted by Gasteiger charge is 2.15. The van der Waals surface area contributed by atoms with E-state index in [9.17, 15) is 8.78 Å². The summed E-state index contributed by atoms with van der Waals surface area (Å²) in [5, 5.41) is 0.547. The van der Waals surface area contributed by atoms with E-state index in [1.54, 1.807) is 18.2 Å². The van der Waals surface area contributed by atoms with E-state index in [4.69, 9.17) is 17.3 Å². The fourth-order valence-electron chi connectivity index (χ4n) is 1.64. The molecule has 1 nitrogen and oxygen atoms in total. The maximum atomic E-state index is 13.6. The quantitative estimate of drug-likeness (QED) is 0.865. The summed E-state index contributed by atoms with van der Waals surface area (Å²) in [6, 6.07) is 7.78. The molecule has 0 bridgehead atoms. The Bertz CT molecular complexity index is 589. The third-order valence-corrected chi connectivity index (χ3v) is 3.81. The summed E-state index contributed by atoms with van der Waals surface area (Å²) in [6.07, 6.45) is 0. The molecule has 94 valence electrons. The number of rotatable bonds is 2. The maximum absolute atomic E-state index is 13.6. The summed E-state index contributed by atoms with van der Waals surface area (Å²) in [5.74, 6) is -1.28. The van der Waals surface area contributed by atoms with Gasteiger partial charge in [0.2, 0.25) is 0 Å². The summed E-state index contributed by atoms with van der Waals surface area (Å²) >= 11 is 9.15. The second kappa shape index (κ2) is 5.34. The third kappa shape index (κ3) is 2.71. The van der Waals surface area contributed by atoms with E-state index in [1.807, 2.05) is 0 Å². The minimum absolute atomic E-state index is 0.241. The summed E-state index contributed by atoms with van der Waals surface area (Å²) in [6.45, 7) is 0. The van der Waals surface area contributed by atoms with Crippen LogP contribution in [0.5, 0.6) is 0 Å². The molecule has 1 atom stereocenters. The van der Waals surface area contributed by atoms with E-state index >= 15 is 0 Å². The molecule has 2 aromatic carbocycles. The van der Waals surface area contributed by atoms with E-state index in [2.05, 4.69) is 15.9 Å². The first-order valence-electron chi connectivity index (χ1n) is 5.14. The van der Waals surface area contributed by atoms with Gasteiger partial charge in [-0.25, -0.2) is 8.78 Å². The summed E-state index contributed by atoms with van der Waals surface area (Å²) in [4.78, 5) is 0. The molecular weight excluding hydrogens is 324 g/mol. The molecule has 1 unspecified atom stereocenters. The fraction of sp³-hybridized carbons (Fsp3) is 0.0769.